The minimum atomic E-state index is -4.76. The number of carboxylic acid groups (broad SMARTS) is 1. The van der Waals surface area contributed by atoms with Crippen LogP contribution in [0.3, 0.4) is 0 Å². The molecule has 114 valence electrons. The van der Waals surface area contributed by atoms with Crippen LogP contribution >= 0.6 is 23.2 Å². The number of terminal acetylenes is 1. The minimum Gasteiger partial charge on any atom is -0.481 e. The van der Waals surface area contributed by atoms with Crippen LogP contribution in [0.15, 0.2) is 18.2 Å². The summed E-state index contributed by atoms with van der Waals surface area (Å²) in [5.41, 5.74) is -2.88. The Kier molecular flexibility index (Phi) is 5.54. The molecule has 0 aliphatic rings. The minimum absolute atomic E-state index is 0.0274. The van der Waals surface area contributed by atoms with Crippen LogP contribution in [-0.4, -0.2) is 17.3 Å². The highest BCUT2D eigenvalue weighted by molar-refractivity contribution is 6.34. The van der Waals surface area contributed by atoms with Crippen molar-refractivity contribution in [3.63, 3.8) is 0 Å². The van der Waals surface area contributed by atoms with Crippen molar-refractivity contribution >= 4 is 29.2 Å². The fourth-order valence-corrected chi connectivity index (χ4v) is 2.52. The average molecular weight is 339 g/mol. The Balaban J connectivity index is 3.30. The molecule has 0 bridgehead atoms. The van der Waals surface area contributed by atoms with Crippen LogP contribution in [-0.2, 0) is 10.2 Å². The monoisotopic (exact) mass is 338 g/mol. The summed E-state index contributed by atoms with van der Waals surface area (Å²) in [6, 6.07) is 3.49. The highest BCUT2D eigenvalue weighted by atomic mass is 35.5. The number of aliphatic carboxylic acids is 1. The van der Waals surface area contributed by atoms with Gasteiger partial charge in [-0.2, -0.15) is 13.2 Å². The number of rotatable bonds is 5. The highest BCUT2D eigenvalue weighted by Crippen LogP contribution is 2.45. The maximum atomic E-state index is 13.5. The van der Waals surface area contributed by atoms with E-state index in [1.165, 1.54) is 6.07 Å². The van der Waals surface area contributed by atoms with Gasteiger partial charge in [0.05, 0.1) is 0 Å². The van der Waals surface area contributed by atoms with Gasteiger partial charge < -0.3 is 5.11 Å². The lowest BCUT2D eigenvalue weighted by Gasteiger charge is -2.31. The Labute approximate surface area is 129 Å². The number of benzene rings is 1. The smallest absolute Gasteiger partial charge is 0.409 e. The van der Waals surface area contributed by atoms with Crippen molar-refractivity contribution in [2.45, 2.75) is 30.9 Å². The second-order valence-corrected chi connectivity index (χ2v) is 5.33. The third-order valence-corrected chi connectivity index (χ3v) is 3.46. The summed E-state index contributed by atoms with van der Waals surface area (Å²) in [4.78, 5) is 10.5. The highest BCUT2D eigenvalue weighted by Gasteiger charge is 2.54. The molecule has 1 atom stereocenters. The molecule has 1 N–H and O–H groups in total. The average Bonchev–Trinajstić information content (AvgIpc) is 2.31. The van der Waals surface area contributed by atoms with E-state index in [0.29, 0.717) is 0 Å². The van der Waals surface area contributed by atoms with Gasteiger partial charge >= 0.3 is 12.1 Å². The van der Waals surface area contributed by atoms with Crippen molar-refractivity contribution in [1.82, 2.24) is 0 Å². The van der Waals surface area contributed by atoms with E-state index in [1.807, 2.05) is 0 Å². The fraction of sp³-hybridized carbons (Fsp3) is 0.357. The van der Waals surface area contributed by atoms with Gasteiger partial charge in [-0.05, 0) is 36.6 Å². The van der Waals surface area contributed by atoms with Gasteiger partial charge in [-0.3, -0.25) is 4.79 Å². The van der Waals surface area contributed by atoms with E-state index >= 15 is 0 Å². The first-order valence-corrected chi connectivity index (χ1v) is 6.61. The first-order chi connectivity index (χ1) is 9.62. The quantitative estimate of drug-likeness (QED) is 0.791. The van der Waals surface area contributed by atoms with Gasteiger partial charge in [-0.1, -0.05) is 29.1 Å². The summed E-state index contributed by atoms with van der Waals surface area (Å²) in [7, 11) is 0. The van der Waals surface area contributed by atoms with E-state index in [9.17, 15) is 18.0 Å². The Morgan fingerprint density at radius 3 is 2.14 bits per heavy atom. The second-order valence-electron chi connectivity index (χ2n) is 4.45. The molecule has 2 nitrogen and oxygen atoms in total. The van der Waals surface area contributed by atoms with E-state index in [-0.39, 0.29) is 22.0 Å². The molecule has 0 aliphatic heterocycles. The number of carbonyl (C=O) groups is 1. The van der Waals surface area contributed by atoms with Crippen LogP contribution in [0, 0.1) is 12.3 Å². The molecule has 0 saturated heterocycles. The van der Waals surface area contributed by atoms with Crippen molar-refractivity contribution in [1.29, 1.82) is 0 Å². The fourth-order valence-electron chi connectivity index (χ4n) is 1.99. The summed E-state index contributed by atoms with van der Waals surface area (Å²) in [6.45, 7) is 0. The molecule has 1 aromatic carbocycles. The van der Waals surface area contributed by atoms with Gasteiger partial charge in [0, 0.05) is 16.5 Å². The molecule has 0 aromatic heterocycles. The van der Waals surface area contributed by atoms with Crippen molar-refractivity contribution in [3.05, 3.63) is 33.8 Å². The van der Waals surface area contributed by atoms with Crippen molar-refractivity contribution in [2.75, 3.05) is 0 Å². The van der Waals surface area contributed by atoms with Crippen molar-refractivity contribution in [3.8, 4) is 12.3 Å². The van der Waals surface area contributed by atoms with Gasteiger partial charge in [0.25, 0.3) is 0 Å². The Morgan fingerprint density at radius 1 is 1.24 bits per heavy atom. The summed E-state index contributed by atoms with van der Waals surface area (Å²) in [5.74, 6) is 0.577. The first kappa shape index (κ1) is 17.7. The molecular weight excluding hydrogens is 328 g/mol. The number of alkyl halides is 3. The Morgan fingerprint density at radius 2 is 1.76 bits per heavy atom. The SMILES string of the molecule is C#C[C@@](CCCC(=O)O)(c1cc(Cl)cc(Cl)c1)C(F)(F)F. The summed E-state index contributed by atoms with van der Waals surface area (Å²) in [6.07, 6.45) is -0.804. The maximum absolute atomic E-state index is 13.5. The first-order valence-electron chi connectivity index (χ1n) is 5.85. The summed E-state index contributed by atoms with van der Waals surface area (Å²) >= 11 is 11.5. The zero-order valence-electron chi connectivity index (χ0n) is 10.7. The van der Waals surface area contributed by atoms with Crippen molar-refractivity contribution in [2.24, 2.45) is 0 Å². The molecule has 0 spiro atoms. The van der Waals surface area contributed by atoms with Crippen LogP contribution in [0.25, 0.3) is 0 Å². The number of carboxylic acids is 1. The van der Waals surface area contributed by atoms with E-state index in [4.69, 9.17) is 34.7 Å². The Bertz CT molecular complexity index is 558. The van der Waals surface area contributed by atoms with E-state index in [1.54, 1.807) is 5.92 Å². The van der Waals surface area contributed by atoms with Crippen molar-refractivity contribution < 1.29 is 23.1 Å². The van der Waals surface area contributed by atoms with E-state index in [2.05, 4.69) is 0 Å². The molecule has 0 unspecified atom stereocenters. The molecule has 0 radical (unpaired) electrons. The standard InChI is InChI=1S/C14H11Cl2F3O2/c1-2-13(14(17,18)19,5-3-4-12(20)21)9-6-10(15)8-11(16)7-9/h1,6-8H,3-5H2,(H,20,21)/t13-/m1/s1. The number of hydrogen-bond donors (Lipinski definition) is 1. The molecule has 1 aromatic rings. The van der Waals surface area contributed by atoms with Crippen LogP contribution in [0.5, 0.6) is 0 Å². The molecule has 7 heteroatoms. The van der Waals surface area contributed by atoms with Gasteiger partial charge in [0.2, 0.25) is 0 Å². The largest absolute Gasteiger partial charge is 0.481 e. The zero-order chi connectivity index (χ0) is 16.3. The molecule has 0 fully saturated rings. The topological polar surface area (TPSA) is 37.3 Å². The molecule has 0 saturated carbocycles. The zero-order valence-corrected chi connectivity index (χ0v) is 12.2. The van der Waals surface area contributed by atoms with Gasteiger partial charge in [0.1, 0.15) is 0 Å². The van der Waals surface area contributed by atoms with Crippen LogP contribution in [0.2, 0.25) is 10.0 Å². The lowest BCUT2D eigenvalue weighted by molar-refractivity contribution is -0.175. The third kappa shape index (κ3) is 4.05. The van der Waals surface area contributed by atoms with Crippen LogP contribution < -0.4 is 0 Å². The predicted molar refractivity (Wildman–Crippen MR) is 74.5 cm³/mol. The molecule has 0 aliphatic carbocycles. The van der Waals surface area contributed by atoms with Crippen LogP contribution in [0.4, 0.5) is 13.2 Å². The lowest BCUT2D eigenvalue weighted by atomic mass is 9.76. The normalized spacial score (nSPS) is 14.3. The van der Waals surface area contributed by atoms with Crippen LogP contribution in [0.1, 0.15) is 24.8 Å². The second kappa shape index (κ2) is 6.59. The molecule has 1 rings (SSSR count). The molecule has 0 heterocycles. The number of hydrogen-bond acceptors (Lipinski definition) is 1. The van der Waals surface area contributed by atoms with Gasteiger partial charge in [-0.25, -0.2) is 0 Å². The van der Waals surface area contributed by atoms with Gasteiger partial charge in [0.15, 0.2) is 5.41 Å². The van der Waals surface area contributed by atoms with E-state index < -0.39 is 30.4 Å². The number of halogens is 5. The van der Waals surface area contributed by atoms with E-state index in [0.717, 1.165) is 12.1 Å². The third-order valence-electron chi connectivity index (χ3n) is 3.03. The molecule has 21 heavy (non-hydrogen) atoms. The van der Waals surface area contributed by atoms with Gasteiger partial charge in [-0.15, -0.1) is 6.42 Å². The maximum Gasteiger partial charge on any atom is 0.409 e. The lowest BCUT2D eigenvalue weighted by Crippen LogP contribution is -2.41. The molecule has 0 amide bonds. The summed E-state index contributed by atoms with van der Waals surface area (Å²) in [5, 5.41) is 8.62. The molecular formula is C14H11Cl2F3O2. The Hall–Kier alpha value is -1.38. The predicted octanol–water partition coefficient (Wildman–Crippen LogP) is 4.68. The summed E-state index contributed by atoms with van der Waals surface area (Å²) < 4.78 is 40.4.